The molecule has 0 spiro atoms. The van der Waals surface area contributed by atoms with E-state index in [4.69, 9.17) is 0 Å². The van der Waals surface area contributed by atoms with E-state index in [1.54, 1.807) is 12.4 Å². The van der Waals surface area contributed by atoms with Crippen LogP contribution in [-0.4, -0.2) is 32.4 Å². The van der Waals surface area contributed by atoms with Gasteiger partial charge < -0.3 is 5.32 Å². The summed E-state index contributed by atoms with van der Waals surface area (Å²) >= 11 is 0. The van der Waals surface area contributed by atoms with Gasteiger partial charge in [-0.15, -0.1) is 0 Å². The van der Waals surface area contributed by atoms with Crippen LogP contribution in [0, 0.1) is 6.92 Å². The van der Waals surface area contributed by atoms with Gasteiger partial charge in [-0.1, -0.05) is 6.92 Å². The second-order valence-corrected chi connectivity index (χ2v) is 6.62. The van der Waals surface area contributed by atoms with E-state index in [2.05, 4.69) is 26.4 Å². The van der Waals surface area contributed by atoms with E-state index in [9.17, 15) is 4.79 Å². The van der Waals surface area contributed by atoms with Crippen LogP contribution in [0.2, 0.25) is 0 Å². The molecule has 6 nitrogen and oxygen atoms in total. The third kappa shape index (κ3) is 2.93. The summed E-state index contributed by atoms with van der Waals surface area (Å²) in [6, 6.07) is 7.95. The number of aromatic nitrogens is 4. The van der Waals surface area contributed by atoms with Crippen molar-refractivity contribution in [1.82, 2.24) is 19.6 Å². The molecule has 0 amide bonds. The Labute approximate surface area is 157 Å². The molecule has 0 radical (unpaired) electrons. The molecule has 6 heteroatoms. The van der Waals surface area contributed by atoms with Gasteiger partial charge in [-0.05, 0) is 43.2 Å². The van der Waals surface area contributed by atoms with Gasteiger partial charge in [0.25, 0.3) is 0 Å². The van der Waals surface area contributed by atoms with Crippen LogP contribution >= 0.6 is 0 Å². The van der Waals surface area contributed by atoms with Gasteiger partial charge in [0.05, 0.1) is 17.4 Å². The third-order valence-corrected chi connectivity index (χ3v) is 4.78. The van der Waals surface area contributed by atoms with Gasteiger partial charge in [0.1, 0.15) is 11.5 Å². The Hall–Kier alpha value is -3.28. The first kappa shape index (κ1) is 17.1. The topological polar surface area (TPSA) is 72.2 Å². The van der Waals surface area contributed by atoms with Crippen LogP contribution in [0.5, 0.6) is 0 Å². The Morgan fingerprint density at radius 1 is 1.19 bits per heavy atom. The minimum absolute atomic E-state index is 0.0821. The minimum Gasteiger partial charge on any atom is -0.373 e. The maximum absolute atomic E-state index is 12.2. The van der Waals surface area contributed by atoms with Gasteiger partial charge >= 0.3 is 0 Å². The Bertz CT molecular complexity index is 1160. The van der Waals surface area contributed by atoms with E-state index in [0.717, 1.165) is 45.3 Å². The van der Waals surface area contributed by atoms with Crippen molar-refractivity contribution in [3.63, 3.8) is 0 Å². The van der Waals surface area contributed by atoms with Crippen LogP contribution in [-0.2, 0) is 0 Å². The lowest BCUT2D eigenvalue weighted by atomic mass is 10.0. The van der Waals surface area contributed by atoms with Crippen molar-refractivity contribution in [3.05, 3.63) is 54.1 Å². The van der Waals surface area contributed by atoms with Crippen LogP contribution in [0.25, 0.3) is 27.5 Å². The Kier molecular flexibility index (Phi) is 4.32. The maximum atomic E-state index is 12.2. The number of pyridine rings is 3. The molecule has 0 fully saturated rings. The molecule has 27 heavy (non-hydrogen) atoms. The summed E-state index contributed by atoms with van der Waals surface area (Å²) < 4.78 is 1.92. The Morgan fingerprint density at radius 2 is 2.04 bits per heavy atom. The van der Waals surface area contributed by atoms with Gasteiger partial charge in [0.2, 0.25) is 0 Å². The first-order chi connectivity index (χ1) is 13.1. The van der Waals surface area contributed by atoms with Crippen molar-refractivity contribution in [2.45, 2.75) is 26.7 Å². The fraction of sp³-hybridized carbons (Fsp3) is 0.238. The van der Waals surface area contributed by atoms with E-state index in [-0.39, 0.29) is 5.78 Å². The van der Waals surface area contributed by atoms with Gasteiger partial charge in [0.15, 0.2) is 5.78 Å². The smallest absolute Gasteiger partial charge is 0.181 e. The highest BCUT2D eigenvalue weighted by Crippen LogP contribution is 2.30. The highest BCUT2D eigenvalue weighted by molar-refractivity contribution is 5.99. The molecule has 4 aromatic heterocycles. The number of carbonyl (C=O) groups is 1. The van der Waals surface area contributed by atoms with E-state index >= 15 is 0 Å². The molecule has 0 unspecified atom stereocenters. The van der Waals surface area contributed by atoms with Gasteiger partial charge in [-0.3, -0.25) is 9.78 Å². The fourth-order valence-corrected chi connectivity index (χ4v) is 3.37. The highest BCUT2D eigenvalue weighted by atomic mass is 16.1. The summed E-state index contributed by atoms with van der Waals surface area (Å²) in [5, 5.41) is 9.70. The van der Waals surface area contributed by atoms with Crippen molar-refractivity contribution >= 4 is 27.9 Å². The van der Waals surface area contributed by atoms with Crippen molar-refractivity contribution in [3.8, 4) is 11.3 Å². The van der Waals surface area contributed by atoms with Crippen LogP contribution < -0.4 is 5.32 Å². The molecule has 4 heterocycles. The van der Waals surface area contributed by atoms with Crippen molar-refractivity contribution < 1.29 is 4.79 Å². The number of carbonyl (C=O) groups excluding carboxylic acids is 1. The normalized spacial score (nSPS) is 11.2. The molecule has 0 aromatic carbocycles. The number of hydrogen-bond acceptors (Lipinski definition) is 5. The molecule has 0 aliphatic heterocycles. The van der Waals surface area contributed by atoms with Crippen molar-refractivity contribution in [1.29, 1.82) is 0 Å². The fourth-order valence-electron chi connectivity index (χ4n) is 3.37. The molecule has 4 rings (SSSR count). The average Bonchev–Trinajstić information content (AvgIpc) is 3.17. The molecule has 4 aromatic rings. The number of anilines is 1. The number of nitrogens with zero attached hydrogens (tertiary/aromatic N) is 4. The molecule has 0 aliphatic rings. The Balaban J connectivity index is 1.91. The summed E-state index contributed by atoms with van der Waals surface area (Å²) in [6.07, 6.45) is 6.77. The molecular formula is C21H21N5O. The van der Waals surface area contributed by atoms with Crippen molar-refractivity contribution in [2.24, 2.45) is 0 Å². The number of ketones is 1. The number of Topliss-reactive ketones (excluding diaryl/α,β-unsaturated/α-hetero) is 1. The summed E-state index contributed by atoms with van der Waals surface area (Å²) in [5.41, 5.74) is 4.42. The van der Waals surface area contributed by atoms with Gasteiger partial charge in [-0.2, -0.15) is 5.10 Å². The van der Waals surface area contributed by atoms with Crippen LogP contribution in [0.4, 0.5) is 5.82 Å². The number of nitrogens with one attached hydrogen (secondary N) is 1. The standard InChI is InChI=1S/C21H21N5O/c1-4-5-20(27)17-8-13(2)16(12-23-17)19-9-14-11-24-21(22-3)10-15(14)18-6-7-25-26(18)19/h6-12H,4-5H2,1-3H3,(H,22,24). The maximum Gasteiger partial charge on any atom is 0.181 e. The van der Waals surface area contributed by atoms with Crippen molar-refractivity contribution in [2.75, 3.05) is 12.4 Å². The average molecular weight is 359 g/mol. The monoisotopic (exact) mass is 359 g/mol. The van der Waals surface area contributed by atoms with E-state index in [0.29, 0.717) is 12.1 Å². The number of fused-ring (bicyclic) bond motifs is 3. The summed E-state index contributed by atoms with van der Waals surface area (Å²) in [5.74, 6) is 0.897. The third-order valence-electron chi connectivity index (χ3n) is 4.78. The zero-order chi connectivity index (χ0) is 19.0. The first-order valence-electron chi connectivity index (χ1n) is 9.07. The minimum atomic E-state index is 0.0821. The molecule has 0 saturated carbocycles. The molecule has 0 bridgehead atoms. The zero-order valence-electron chi connectivity index (χ0n) is 15.7. The number of aryl methyl sites for hydroxylation is 1. The lowest BCUT2D eigenvalue weighted by Crippen LogP contribution is -2.04. The van der Waals surface area contributed by atoms with Crippen LogP contribution in [0.15, 0.2) is 42.9 Å². The largest absolute Gasteiger partial charge is 0.373 e. The van der Waals surface area contributed by atoms with Gasteiger partial charge in [0, 0.05) is 42.2 Å². The van der Waals surface area contributed by atoms with Crippen LogP contribution in [0.1, 0.15) is 35.8 Å². The predicted molar refractivity (Wildman–Crippen MR) is 107 cm³/mol. The quantitative estimate of drug-likeness (QED) is 0.539. The molecule has 0 atom stereocenters. The highest BCUT2D eigenvalue weighted by Gasteiger charge is 2.14. The summed E-state index contributed by atoms with van der Waals surface area (Å²) in [6.45, 7) is 4.00. The molecule has 0 aliphatic carbocycles. The van der Waals surface area contributed by atoms with E-state index in [1.807, 2.05) is 49.8 Å². The first-order valence-corrected chi connectivity index (χ1v) is 9.07. The van der Waals surface area contributed by atoms with Crippen LogP contribution in [0.3, 0.4) is 0 Å². The molecule has 1 N–H and O–H groups in total. The molecular weight excluding hydrogens is 338 g/mol. The SMILES string of the molecule is CCCC(=O)c1cc(C)c(-c2cc3cnc(NC)cc3c3ccnn23)cn1. The number of hydrogen-bond donors (Lipinski definition) is 1. The number of rotatable bonds is 5. The Morgan fingerprint density at radius 3 is 2.78 bits per heavy atom. The van der Waals surface area contributed by atoms with E-state index in [1.165, 1.54) is 0 Å². The zero-order valence-corrected chi connectivity index (χ0v) is 15.7. The van der Waals surface area contributed by atoms with Gasteiger partial charge in [-0.25, -0.2) is 9.50 Å². The second kappa shape index (κ2) is 6.79. The predicted octanol–water partition coefficient (Wildman–Crippen LogP) is 4.28. The lowest BCUT2D eigenvalue weighted by molar-refractivity contribution is 0.0977. The molecule has 136 valence electrons. The van der Waals surface area contributed by atoms with E-state index < -0.39 is 0 Å². The second-order valence-electron chi connectivity index (χ2n) is 6.62. The molecule has 0 saturated heterocycles. The lowest BCUT2D eigenvalue weighted by Gasteiger charge is -2.12. The summed E-state index contributed by atoms with van der Waals surface area (Å²) in [4.78, 5) is 21.0. The summed E-state index contributed by atoms with van der Waals surface area (Å²) in [7, 11) is 1.85.